The predicted octanol–water partition coefficient (Wildman–Crippen LogP) is 2.61. The minimum absolute atomic E-state index is 0.600. The lowest BCUT2D eigenvalue weighted by molar-refractivity contribution is 0.162. The Balaban J connectivity index is 2.83. The zero-order valence-corrected chi connectivity index (χ0v) is 7.65. The van der Waals surface area contributed by atoms with Gasteiger partial charge in [0.25, 0.3) is 0 Å². The van der Waals surface area contributed by atoms with Gasteiger partial charge in [-0.15, -0.1) is 5.92 Å². The van der Waals surface area contributed by atoms with Gasteiger partial charge in [-0.1, -0.05) is 32.1 Å². The van der Waals surface area contributed by atoms with Crippen LogP contribution in [0.4, 0.5) is 0 Å². The van der Waals surface area contributed by atoms with E-state index in [1.54, 1.807) is 0 Å². The van der Waals surface area contributed by atoms with Crippen molar-refractivity contribution in [3.8, 4) is 11.8 Å². The normalized spacial score (nSPS) is 8.91. The van der Waals surface area contributed by atoms with Crippen LogP contribution in [-0.4, -0.2) is 13.2 Å². The smallest absolute Gasteiger partial charge is 0.107 e. The molecule has 0 atom stereocenters. The summed E-state index contributed by atoms with van der Waals surface area (Å²) in [6, 6.07) is 0. The number of ether oxygens (including phenoxy) is 1. The average molecular weight is 154 g/mol. The fourth-order valence-corrected chi connectivity index (χ4v) is 0.826. The number of hydrogen-bond acceptors (Lipinski definition) is 1. The molecule has 0 bridgehead atoms. The molecule has 0 aliphatic rings. The zero-order chi connectivity index (χ0) is 8.36. The minimum Gasteiger partial charge on any atom is -0.369 e. The van der Waals surface area contributed by atoms with E-state index in [2.05, 4.69) is 18.8 Å². The summed E-state index contributed by atoms with van der Waals surface area (Å²) in [4.78, 5) is 0. The molecular weight excluding hydrogens is 136 g/mol. The third-order valence-electron chi connectivity index (χ3n) is 1.49. The van der Waals surface area contributed by atoms with Crippen molar-refractivity contribution >= 4 is 0 Å². The van der Waals surface area contributed by atoms with E-state index in [1.807, 2.05) is 6.92 Å². The molecule has 0 aliphatic heterocycles. The van der Waals surface area contributed by atoms with Crippen molar-refractivity contribution in [3.63, 3.8) is 0 Å². The second-order valence-corrected chi connectivity index (χ2v) is 2.54. The van der Waals surface area contributed by atoms with Crippen molar-refractivity contribution in [2.75, 3.05) is 13.2 Å². The summed E-state index contributed by atoms with van der Waals surface area (Å²) in [5.74, 6) is 5.66. The van der Waals surface area contributed by atoms with Crippen LogP contribution in [0.1, 0.15) is 39.5 Å². The van der Waals surface area contributed by atoms with Gasteiger partial charge in [0.05, 0.1) is 0 Å². The summed E-state index contributed by atoms with van der Waals surface area (Å²) in [6.07, 6.45) is 5.08. The number of rotatable bonds is 6. The van der Waals surface area contributed by atoms with Gasteiger partial charge in [0.15, 0.2) is 0 Å². The zero-order valence-electron chi connectivity index (χ0n) is 7.65. The molecule has 0 rings (SSSR count). The average Bonchev–Trinajstić information content (AvgIpc) is 2.03. The molecule has 0 saturated carbocycles. The van der Waals surface area contributed by atoms with E-state index in [1.165, 1.54) is 25.7 Å². The van der Waals surface area contributed by atoms with E-state index < -0.39 is 0 Å². The first-order valence-electron chi connectivity index (χ1n) is 4.39. The molecular formula is C10H18O. The van der Waals surface area contributed by atoms with E-state index in [9.17, 15) is 0 Å². The number of hydrogen-bond donors (Lipinski definition) is 0. The largest absolute Gasteiger partial charge is 0.369 e. The lowest BCUT2D eigenvalue weighted by Crippen LogP contribution is -1.94. The van der Waals surface area contributed by atoms with Crippen LogP contribution in [-0.2, 0) is 4.74 Å². The van der Waals surface area contributed by atoms with Crippen LogP contribution in [0.5, 0.6) is 0 Å². The maximum absolute atomic E-state index is 5.25. The van der Waals surface area contributed by atoms with Crippen molar-refractivity contribution in [3.05, 3.63) is 0 Å². The summed E-state index contributed by atoms with van der Waals surface area (Å²) in [6.45, 7) is 5.52. The van der Waals surface area contributed by atoms with Crippen LogP contribution < -0.4 is 0 Å². The van der Waals surface area contributed by atoms with Gasteiger partial charge in [0, 0.05) is 6.61 Å². The van der Waals surface area contributed by atoms with Gasteiger partial charge in [-0.3, -0.25) is 0 Å². The first kappa shape index (κ1) is 10.5. The SMILES string of the molecule is CC#CCOCCCCCC. The highest BCUT2D eigenvalue weighted by atomic mass is 16.5. The third kappa shape index (κ3) is 9.52. The Morgan fingerprint density at radius 3 is 2.64 bits per heavy atom. The fraction of sp³-hybridized carbons (Fsp3) is 0.800. The maximum Gasteiger partial charge on any atom is 0.107 e. The van der Waals surface area contributed by atoms with E-state index in [0.717, 1.165) is 6.61 Å². The van der Waals surface area contributed by atoms with Gasteiger partial charge in [-0.05, 0) is 13.3 Å². The topological polar surface area (TPSA) is 9.23 Å². The van der Waals surface area contributed by atoms with Crippen molar-refractivity contribution in [1.82, 2.24) is 0 Å². The predicted molar refractivity (Wildman–Crippen MR) is 48.4 cm³/mol. The van der Waals surface area contributed by atoms with E-state index >= 15 is 0 Å². The number of unbranched alkanes of at least 4 members (excludes halogenated alkanes) is 3. The standard InChI is InChI=1S/C10H18O/c1-3-5-7-8-10-11-9-6-4-2/h3,5,7-10H2,1-2H3. The van der Waals surface area contributed by atoms with E-state index in [-0.39, 0.29) is 0 Å². The molecule has 0 aromatic carbocycles. The van der Waals surface area contributed by atoms with Gasteiger partial charge < -0.3 is 4.74 Å². The van der Waals surface area contributed by atoms with Gasteiger partial charge in [-0.2, -0.15) is 0 Å². The third-order valence-corrected chi connectivity index (χ3v) is 1.49. The molecule has 0 aromatic rings. The van der Waals surface area contributed by atoms with Crippen molar-refractivity contribution in [1.29, 1.82) is 0 Å². The van der Waals surface area contributed by atoms with Crippen molar-refractivity contribution in [2.45, 2.75) is 39.5 Å². The van der Waals surface area contributed by atoms with Gasteiger partial charge in [-0.25, -0.2) is 0 Å². The first-order chi connectivity index (χ1) is 5.41. The minimum atomic E-state index is 0.600. The Labute approximate surface area is 70.1 Å². The van der Waals surface area contributed by atoms with Gasteiger partial charge in [0.2, 0.25) is 0 Å². The molecule has 0 unspecified atom stereocenters. The summed E-state index contributed by atoms with van der Waals surface area (Å²) in [7, 11) is 0. The quantitative estimate of drug-likeness (QED) is 0.422. The second-order valence-electron chi connectivity index (χ2n) is 2.54. The van der Waals surface area contributed by atoms with E-state index in [4.69, 9.17) is 4.74 Å². The Morgan fingerprint density at radius 2 is 2.00 bits per heavy atom. The molecule has 0 N–H and O–H groups in total. The monoisotopic (exact) mass is 154 g/mol. The molecule has 0 spiro atoms. The van der Waals surface area contributed by atoms with Crippen molar-refractivity contribution < 1.29 is 4.74 Å². The van der Waals surface area contributed by atoms with Crippen LogP contribution in [0.3, 0.4) is 0 Å². The van der Waals surface area contributed by atoms with Crippen molar-refractivity contribution in [2.24, 2.45) is 0 Å². The molecule has 0 aliphatic carbocycles. The highest BCUT2D eigenvalue weighted by Gasteiger charge is 1.86. The van der Waals surface area contributed by atoms with Crippen LogP contribution in [0.15, 0.2) is 0 Å². The fourth-order valence-electron chi connectivity index (χ4n) is 0.826. The van der Waals surface area contributed by atoms with Gasteiger partial charge >= 0.3 is 0 Å². The van der Waals surface area contributed by atoms with Gasteiger partial charge in [0.1, 0.15) is 6.61 Å². The summed E-state index contributed by atoms with van der Waals surface area (Å²) < 4.78 is 5.25. The molecule has 0 aromatic heterocycles. The Morgan fingerprint density at radius 1 is 1.18 bits per heavy atom. The van der Waals surface area contributed by atoms with Crippen LogP contribution in [0, 0.1) is 11.8 Å². The first-order valence-corrected chi connectivity index (χ1v) is 4.39. The molecule has 0 radical (unpaired) electrons. The lowest BCUT2D eigenvalue weighted by Gasteiger charge is -1.98. The highest BCUT2D eigenvalue weighted by Crippen LogP contribution is 1.98. The molecule has 0 fully saturated rings. The lowest BCUT2D eigenvalue weighted by atomic mass is 10.2. The molecule has 11 heavy (non-hydrogen) atoms. The summed E-state index contributed by atoms with van der Waals surface area (Å²) >= 11 is 0. The molecule has 64 valence electrons. The molecule has 1 heteroatoms. The highest BCUT2D eigenvalue weighted by molar-refractivity contribution is 4.94. The second kappa shape index (κ2) is 9.52. The molecule has 1 nitrogen and oxygen atoms in total. The molecule has 0 saturated heterocycles. The Hall–Kier alpha value is -0.480. The van der Waals surface area contributed by atoms with Crippen LogP contribution >= 0.6 is 0 Å². The maximum atomic E-state index is 5.25. The summed E-state index contributed by atoms with van der Waals surface area (Å²) in [5, 5.41) is 0. The van der Waals surface area contributed by atoms with E-state index in [0.29, 0.717) is 6.61 Å². The van der Waals surface area contributed by atoms with Crippen LogP contribution in [0.25, 0.3) is 0 Å². The molecule has 0 amide bonds. The van der Waals surface area contributed by atoms with Crippen LogP contribution in [0.2, 0.25) is 0 Å². The summed E-state index contributed by atoms with van der Waals surface area (Å²) in [5.41, 5.74) is 0. The Bertz CT molecular complexity index is 119. The Kier molecular flexibility index (Phi) is 9.10. The molecule has 0 heterocycles.